The number of rotatable bonds is 2. The van der Waals surface area contributed by atoms with E-state index in [0.717, 1.165) is 36.8 Å². The van der Waals surface area contributed by atoms with Gasteiger partial charge in [0.25, 0.3) is 0 Å². The summed E-state index contributed by atoms with van der Waals surface area (Å²) in [6, 6.07) is 6.13. The summed E-state index contributed by atoms with van der Waals surface area (Å²) in [6.45, 7) is 10.00. The van der Waals surface area contributed by atoms with Crippen molar-refractivity contribution in [2.24, 2.45) is 5.41 Å². The summed E-state index contributed by atoms with van der Waals surface area (Å²) in [6.07, 6.45) is 1.16. The Morgan fingerprint density at radius 1 is 1.41 bits per heavy atom. The molecule has 0 atom stereocenters. The topological polar surface area (TPSA) is 15.3 Å². The van der Waals surface area contributed by atoms with Crippen LogP contribution in [-0.4, -0.2) is 19.6 Å². The Hall–Kier alpha value is -0.890. The lowest BCUT2D eigenvalue weighted by Gasteiger charge is -2.30. The second kappa shape index (κ2) is 4.77. The molecule has 0 radical (unpaired) electrons. The number of benzene rings is 1. The summed E-state index contributed by atoms with van der Waals surface area (Å²) in [7, 11) is 0. The van der Waals surface area contributed by atoms with Gasteiger partial charge in [0.05, 0.1) is 11.4 Å². The van der Waals surface area contributed by atoms with Crippen LogP contribution in [-0.2, 0) is 0 Å². The third-order valence-electron chi connectivity index (χ3n) is 3.17. The van der Waals surface area contributed by atoms with Crippen LogP contribution in [0.15, 0.2) is 18.2 Å². The van der Waals surface area contributed by atoms with Crippen LogP contribution in [0.25, 0.3) is 0 Å². The Kier molecular flexibility index (Phi) is 3.53. The number of anilines is 2. The zero-order valence-electron chi connectivity index (χ0n) is 10.9. The Morgan fingerprint density at radius 3 is 2.88 bits per heavy atom. The van der Waals surface area contributed by atoms with E-state index in [4.69, 9.17) is 11.6 Å². The van der Waals surface area contributed by atoms with Gasteiger partial charge in [-0.1, -0.05) is 32.4 Å². The highest BCUT2D eigenvalue weighted by Gasteiger charge is 2.26. The second-order valence-electron chi connectivity index (χ2n) is 5.60. The van der Waals surface area contributed by atoms with Gasteiger partial charge in [0.1, 0.15) is 0 Å². The monoisotopic (exact) mass is 252 g/mol. The predicted molar refractivity (Wildman–Crippen MR) is 76.2 cm³/mol. The Morgan fingerprint density at radius 2 is 2.18 bits per heavy atom. The van der Waals surface area contributed by atoms with E-state index in [1.54, 1.807) is 0 Å². The molecule has 3 heteroatoms. The fraction of sp³-hybridized carbons (Fsp3) is 0.571. The van der Waals surface area contributed by atoms with Crippen molar-refractivity contribution in [2.45, 2.75) is 27.2 Å². The van der Waals surface area contributed by atoms with Crippen molar-refractivity contribution in [3.8, 4) is 0 Å². The van der Waals surface area contributed by atoms with E-state index >= 15 is 0 Å². The highest BCUT2D eigenvalue weighted by molar-refractivity contribution is 6.31. The van der Waals surface area contributed by atoms with E-state index < -0.39 is 0 Å². The van der Waals surface area contributed by atoms with Crippen molar-refractivity contribution >= 4 is 23.0 Å². The molecule has 0 unspecified atom stereocenters. The molecule has 1 aliphatic rings. The molecule has 0 amide bonds. The third kappa shape index (κ3) is 2.86. The summed E-state index contributed by atoms with van der Waals surface area (Å²) >= 11 is 6.07. The standard InChI is InChI=1S/C14H21ClN2/c1-4-7-17-10-14(2,3)9-16-12-8-11(15)5-6-13(12)17/h5-6,8,16H,4,7,9-10H2,1-3H3. The third-order valence-corrected chi connectivity index (χ3v) is 3.40. The van der Waals surface area contributed by atoms with Crippen molar-refractivity contribution in [3.63, 3.8) is 0 Å². The number of nitrogens with zero attached hydrogens (tertiary/aromatic N) is 1. The van der Waals surface area contributed by atoms with E-state index in [-0.39, 0.29) is 5.41 Å². The molecular formula is C14H21ClN2. The quantitative estimate of drug-likeness (QED) is 0.856. The first-order valence-electron chi connectivity index (χ1n) is 6.30. The molecule has 0 aromatic heterocycles. The van der Waals surface area contributed by atoms with Crippen LogP contribution in [0.4, 0.5) is 11.4 Å². The van der Waals surface area contributed by atoms with Gasteiger partial charge in [-0.05, 0) is 30.0 Å². The fourth-order valence-corrected chi connectivity index (χ4v) is 2.56. The van der Waals surface area contributed by atoms with Crippen LogP contribution in [0.3, 0.4) is 0 Å². The largest absolute Gasteiger partial charge is 0.383 e. The lowest BCUT2D eigenvalue weighted by molar-refractivity contribution is 0.395. The van der Waals surface area contributed by atoms with Gasteiger partial charge in [-0.3, -0.25) is 0 Å². The molecule has 1 aromatic rings. The maximum atomic E-state index is 6.07. The Balaban J connectivity index is 2.37. The van der Waals surface area contributed by atoms with Gasteiger partial charge >= 0.3 is 0 Å². The molecule has 0 saturated heterocycles. The SMILES string of the molecule is CCCN1CC(C)(C)CNc2cc(Cl)ccc21. The highest BCUT2D eigenvalue weighted by atomic mass is 35.5. The van der Waals surface area contributed by atoms with Crippen LogP contribution >= 0.6 is 11.6 Å². The van der Waals surface area contributed by atoms with Crippen LogP contribution in [0.5, 0.6) is 0 Å². The van der Waals surface area contributed by atoms with Crippen LogP contribution in [0.1, 0.15) is 27.2 Å². The zero-order chi connectivity index (χ0) is 12.5. The van der Waals surface area contributed by atoms with Crippen LogP contribution in [0, 0.1) is 5.41 Å². The first-order valence-corrected chi connectivity index (χ1v) is 6.68. The van der Waals surface area contributed by atoms with E-state index in [0.29, 0.717) is 0 Å². The Labute approximate surface area is 109 Å². The molecule has 2 rings (SSSR count). The first kappa shape index (κ1) is 12.6. The average Bonchev–Trinajstić information content (AvgIpc) is 2.37. The molecule has 0 fully saturated rings. The van der Waals surface area contributed by atoms with Crippen molar-refractivity contribution in [3.05, 3.63) is 23.2 Å². The van der Waals surface area contributed by atoms with Crippen LogP contribution < -0.4 is 10.2 Å². The maximum Gasteiger partial charge on any atom is 0.0603 e. The van der Waals surface area contributed by atoms with Crippen molar-refractivity contribution in [1.29, 1.82) is 0 Å². The fourth-order valence-electron chi connectivity index (χ4n) is 2.39. The van der Waals surface area contributed by atoms with Gasteiger partial charge in [0.15, 0.2) is 0 Å². The van der Waals surface area contributed by atoms with E-state index in [1.807, 2.05) is 12.1 Å². The predicted octanol–water partition coefficient (Wildman–Crippen LogP) is 4.01. The van der Waals surface area contributed by atoms with Crippen molar-refractivity contribution in [2.75, 3.05) is 29.9 Å². The highest BCUT2D eigenvalue weighted by Crippen LogP contribution is 2.35. The number of hydrogen-bond acceptors (Lipinski definition) is 2. The molecular weight excluding hydrogens is 232 g/mol. The van der Waals surface area contributed by atoms with E-state index in [1.165, 1.54) is 5.69 Å². The zero-order valence-corrected chi connectivity index (χ0v) is 11.6. The summed E-state index contributed by atoms with van der Waals surface area (Å²) in [4.78, 5) is 2.46. The molecule has 1 aromatic carbocycles. The van der Waals surface area contributed by atoms with Crippen molar-refractivity contribution in [1.82, 2.24) is 0 Å². The second-order valence-corrected chi connectivity index (χ2v) is 6.04. The molecule has 2 nitrogen and oxygen atoms in total. The van der Waals surface area contributed by atoms with Gasteiger partial charge in [-0.15, -0.1) is 0 Å². The van der Waals surface area contributed by atoms with Gasteiger partial charge in [0.2, 0.25) is 0 Å². The molecule has 0 saturated carbocycles. The molecule has 0 bridgehead atoms. The Bertz CT molecular complexity index is 401. The average molecular weight is 253 g/mol. The lowest BCUT2D eigenvalue weighted by Crippen LogP contribution is -2.36. The molecule has 1 N–H and O–H groups in total. The van der Waals surface area contributed by atoms with Crippen LogP contribution in [0.2, 0.25) is 5.02 Å². The first-order chi connectivity index (χ1) is 8.02. The van der Waals surface area contributed by atoms with Gasteiger partial charge < -0.3 is 10.2 Å². The normalized spacial score (nSPS) is 18.2. The summed E-state index contributed by atoms with van der Waals surface area (Å²) in [5, 5.41) is 4.32. The number of hydrogen-bond donors (Lipinski definition) is 1. The van der Waals surface area contributed by atoms with Gasteiger partial charge in [-0.2, -0.15) is 0 Å². The summed E-state index contributed by atoms with van der Waals surface area (Å²) < 4.78 is 0. The van der Waals surface area contributed by atoms with Gasteiger partial charge in [-0.25, -0.2) is 0 Å². The molecule has 94 valence electrons. The minimum atomic E-state index is 0.278. The lowest BCUT2D eigenvalue weighted by atomic mass is 9.93. The molecule has 0 spiro atoms. The van der Waals surface area contributed by atoms with E-state index in [9.17, 15) is 0 Å². The van der Waals surface area contributed by atoms with Crippen molar-refractivity contribution < 1.29 is 0 Å². The summed E-state index contributed by atoms with van der Waals surface area (Å²) in [5.74, 6) is 0. The van der Waals surface area contributed by atoms with E-state index in [2.05, 4.69) is 37.1 Å². The number of fused-ring (bicyclic) bond motifs is 1. The number of halogens is 1. The molecule has 17 heavy (non-hydrogen) atoms. The minimum absolute atomic E-state index is 0.278. The summed E-state index contributed by atoms with van der Waals surface area (Å²) in [5.41, 5.74) is 2.72. The molecule has 1 aliphatic heterocycles. The smallest absolute Gasteiger partial charge is 0.0603 e. The minimum Gasteiger partial charge on any atom is -0.383 e. The maximum absolute atomic E-state index is 6.07. The number of nitrogens with one attached hydrogen (secondary N) is 1. The molecule has 0 aliphatic carbocycles. The molecule has 1 heterocycles. The van der Waals surface area contributed by atoms with Gasteiger partial charge in [0, 0.05) is 24.7 Å².